The molecule has 2 fully saturated rings. The predicted molar refractivity (Wildman–Crippen MR) is 156 cm³/mol. The third-order valence-corrected chi connectivity index (χ3v) is 8.82. The molecule has 3 aromatic rings. The van der Waals surface area contributed by atoms with Gasteiger partial charge in [0.15, 0.2) is 11.5 Å². The zero-order valence-corrected chi connectivity index (χ0v) is 24.0. The van der Waals surface area contributed by atoms with Crippen molar-refractivity contribution in [3.63, 3.8) is 0 Å². The largest absolute Gasteiger partial charge is 0.491 e. The summed E-state index contributed by atoms with van der Waals surface area (Å²) >= 11 is 0. The van der Waals surface area contributed by atoms with Crippen molar-refractivity contribution in [3.05, 3.63) is 77.9 Å². The Bertz CT molecular complexity index is 1300. The summed E-state index contributed by atoms with van der Waals surface area (Å²) < 4.78 is 44.8. The topological polar surface area (TPSA) is 44.8 Å². The van der Waals surface area contributed by atoms with Crippen LogP contribution in [0.1, 0.15) is 70.8 Å². The van der Waals surface area contributed by atoms with Gasteiger partial charge in [0.2, 0.25) is 11.6 Å². The Morgan fingerprint density at radius 2 is 1.37 bits per heavy atom. The van der Waals surface area contributed by atoms with Gasteiger partial charge in [0.1, 0.15) is 12.4 Å². The summed E-state index contributed by atoms with van der Waals surface area (Å²) in [5.41, 5.74) is 2.80. The van der Waals surface area contributed by atoms with Crippen molar-refractivity contribution in [1.82, 2.24) is 0 Å². The first-order chi connectivity index (χ1) is 19.9. The first-order valence-electron chi connectivity index (χ1n) is 15.1. The lowest BCUT2D eigenvalue weighted by atomic mass is 9.64. The zero-order chi connectivity index (χ0) is 28.8. The van der Waals surface area contributed by atoms with E-state index in [-0.39, 0.29) is 36.6 Å². The van der Waals surface area contributed by atoms with E-state index in [1.807, 2.05) is 48.5 Å². The standard InChI is InChI=1S/C35H40F2O4/c1-3-5-23-6-11-28-21-29(13-12-27(28)20-23)35(38)41-30-16-14-26(15-17-30)25-9-7-24(8-10-25)22-40-32-19-18-31(39-4-2)33(36)34(32)37/h7-10,14-19,23,27-29H,3-6,11-13,20-22H2,1-2H3. The summed E-state index contributed by atoms with van der Waals surface area (Å²) in [6.45, 7) is 4.33. The van der Waals surface area contributed by atoms with Gasteiger partial charge in [0.25, 0.3) is 0 Å². The second-order valence-electron chi connectivity index (χ2n) is 11.6. The van der Waals surface area contributed by atoms with Crippen LogP contribution in [0.25, 0.3) is 11.1 Å². The maximum Gasteiger partial charge on any atom is 0.314 e. The minimum Gasteiger partial charge on any atom is -0.491 e. The molecule has 0 aliphatic heterocycles. The summed E-state index contributed by atoms with van der Waals surface area (Å²) in [6, 6.07) is 18.0. The molecule has 5 rings (SSSR count). The van der Waals surface area contributed by atoms with Gasteiger partial charge in [0.05, 0.1) is 12.5 Å². The molecule has 0 heterocycles. The molecule has 2 aliphatic carbocycles. The van der Waals surface area contributed by atoms with Crippen LogP contribution in [0.4, 0.5) is 8.78 Å². The van der Waals surface area contributed by atoms with Gasteiger partial charge in [0, 0.05) is 0 Å². The van der Waals surface area contributed by atoms with Crippen molar-refractivity contribution >= 4 is 5.97 Å². The molecule has 0 aromatic heterocycles. The maximum absolute atomic E-state index is 14.3. The highest BCUT2D eigenvalue weighted by Gasteiger charge is 2.38. The van der Waals surface area contributed by atoms with E-state index in [4.69, 9.17) is 14.2 Å². The van der Waals surface area contributed by atoms with Gasteiger partial charge in [-0.05, 0) is 97.7 Å². The van der Waals surface area contributed by atoms with E-state index in [1.165, 1.54) is 44.2 Å². The first kappa shape index (κ1) is 29.1. The number of benzene rings is 3. The average molecular weight is 563 g/mol. The summed E-state index contributed by atoms with van der Waals surface area (Å²) in [5.74, 6) is 0.420. The summed E-state index contributed by atoms with van der Waals surface area (Å²) in [4.78, 5) is 13.0. The van der Waals surface area contributed by atoms with Crippen LogP contribution in [0.2, 0.25) is 0 Å². The van der Waals surface area contributed by atoms with E-state index in [1.54, 1.807) is 6.92 Å². The minimum atomic E-state index is -1.06. The number of halogens is 2. The third kappa shape index (κ3) is 7.09. The number of esters is 1. The average Bonchev–Trinajstić information content (AvgIpc) is 3.00. The van der Waals surface area contributed by atoms with Crippen LogP contribution in [0, 0.1) is 35.3 Å². The molecular formula is C35H40F2O4. The summed E-state index contributed by atoms with van der Waals surface area (Å²) in [5, 5.41) is 0. The van der Waals surface area contributed by atoms with Gasteiger partial charge in [-0.1, -0.05) is 62.6 Å². The molecule has 0 N–H and O–H groups in total. The fourth-order valence-electron chi connectivity index (χ4n) is 6.63. The minimum absolute atomic E-state index is 0.000920. The summed E-state index contributed by atoms with van der Waals surface area (Å²) in [7, 11) is 0. The molecule has 41 heavy (non-hydrogen) atoms. The molecule has 4 atom stereocenters. The summed E-state index contributed by atoms with van der Waals surface area (Å²) in [6.07, 6.45) is 9.59. The van der Waals surface area contributed by atoms with E-state index in [2.05, 4.69) is 6.92 Å². The van der Waals surface area contributed by atoms with Crippen LogP contribution in [0.15, 0.2) is 60.7 Å². The van der Waals surface area contributed by atoms with Crippen LogP contribution in [0.3, 0.4) is 0 Å². The highest BCUT2D eigenvalue weighted by Crippen LogP contribution is 2.46. The highest BCUT2D eigenvalue weighted by atomic mass is 19.2. The third-order valence-electron chi connectivity index (χ3n) is 8.82. The van der Waals surface area contributed by atoms with Crippen LogP contribution in [-0.4, -0.2) is 12.6 Å². The van der Waals surface area contributed by atoms with Gasteiger partial charge in [-0.2, -0.15) is 8.78 Å². The van der Waals surface area contributed by atoms with Crippen molar-refractivity contribution < 1.29 is 27.8 Å². The Labute approximate surface area is 242 Å². The Hall–Kier alpha value is -3.41. The Morgan fingerprint density at radius 1 is 0.756 bits per heavy atom. The molecule has 0 radical (unpaired) electrons. The Morgan fingerprint density at radius 3 is 2.02 bits per heavy atom. The molecule has 2 saturated carbocycles. The van der Waals surface area contributed by atoms with Crippen molar-refractivity contribution in [2.24, 2.45) is 23.7 Å². The molecule has 0 saturated heterocycles. The normalized spacial score (nSPS) is 22.0. The van der Waals surface area contributed by atoms with E-state index < -0.39 is 11.6 Å². The highest BCUT2D eigenvalue weighted by molar-refractivity contribution is 5.75. The first-order valence-corrected chi connectivity index (χ1v) is 15.1. The molecular weight excluding hydrogens is 522 g/mol. The molecule has 4 unspecified atom stereocenters. The SMILES string of the molecule is CCCC1CCC2CC(C(=O)Oc3ccc(-c4ccc(COc5ccc(OCC)c(F)c5F)cc4)cc3)CCC2C1. The van der Waals surface area contributed by atoms with Gasteiger partial charge < -0.3 is 14.2 Å². The zero-order valence-electron chi connectivity index (χ0n) is 24.0. The van der Waals surface area contributed by atoms with Gasteiger partial charge in [-0.3, -0.25) is 4.79 Å². The van der Waals surface area contributed by atoms with Crippen LogP contribution in [-0.2, 0) is 11.4 Å². The molecule has 0 bridgehead atoms. The van der Waals surface area contributed by atoms with Crippen molar-refractivity contribution in [1.29, 1.82) is 0 Å². The molecule has 6 heteroatoms. The van der Waals surface area contributed by atoms with E-state index in [0.717, 1.165) is 47.8 Å². The number of hydrogen-bond donors (Lipinski definition) is 0. The Balaban J connectivity index is 1.12. The molecule has 0 amide bonds. The van der Waals surface area contributed by atoms with Crippen LogP contribution in [0.5, 0.6) is 17.2 Å². The van der Waals surface area contributed by atoms with Crippen molar-refractivity contribution in [2.75, 3.05) is 6.61 Å². The predicted octanol–water partition coefficient (Wildman–Crippen LogP) is 9.15. The number of carbonyl (C=O) groups excluding carboxylic acids is 1. The molecule has 3 aromatic carbocycles. The quantitative estimate of drug-likeness (QED) is 0.183. The second kappa shape index (κ2) is 13.5. The fraction of sp³-hybridized carbons (Fsp3) is 0.457. The molecule has 2 aliphatic rings. The van der Waals surface area contributed by atoms with Crippen molar-refractivity contribution in [3.8, 4) is 28.4 Å². The number of carbonyl (C=O) groups is 1. The van der Waals surface area contributed by atoms with Gasteiger partial charge in [-0.15, -0.1) is 0 Å². The monoisotopic (exact) mass is 562 g/mol. The lowest BCUT2D eigenvalue weighted by molar-refractivity contribution is -0.141. The number of ether oxygens (including phenoxy) is 3. The van der Waals surface area contributed by atoms with E-state index >= 15 is 0 Å². The van der Waals surface area contributed by atoms with Gasteiger partial charge >= 0.3 is 5.97 Å². The van der Waals surface area contributed by atoms with E-state index in [0.29, 0.717) is 11.7 Å². The van der Waals surface area contributed by atoms with Crippen LogP contribution >= 0.6 is 0 Å². The molecule has 218 valence electrons. The lowest BCUT2D eigenvalue weighted by Gasteiger charge is -2.41. The van der Waals surface area contributed by atoms with E-state index in [9.17, 15) is 13.6 Å². The number of rotatable bonds is 10. The number of fused-ring (bicyclic) bond motifs is 1. The van der Waals surface area contributed by atoms with Gasteiger partial charge in [-0.25, -0.2) is 0 Å². The lowest BCUT2D eigenvalue weighted by Crippen LogP contribution is -2.35. The smallest absolute Gasteiger partial charge is 0.314 e. The fourth-order valence-corrected chi connectivity index (χ4v) is 6.63. The Kier molecular flexibility index (Phi) is 9.58. The van der Waals surface area contributed by atoms with Crippen LogP contribution < -0.4 is 14.2 Å². The molecule has 0 spiro atoms. The second-order valence-corrected chi connectivity index (χ2v) is 11.6. The molecule has 4 nitrogen and oxygen atoms in total. The maximum atomic E-state index is 14.3. The number of hydrogen-bond acceptors (Lipinski definition) is 4. The van der Waals surface area contributed by atoms with Crippen molar-refractivity contribution in [2.45, 2.75) is 71.8 Å².